The highest BCUT2D eigenvalue weighted by molar-refractivity contribution is 6.30. The van der Waals surface area contributed by atoms with Crippen molar-refractivity contribution in [2.45, 2.75) is 6.42 Å². The van der Waals surface area contributed by atoms with Crippen molar-refractivity contribution in [2.75, 3.05) is 25.2 Å². The van der Waals surface area contributed by atoms with Gasteiger partial charge in [0.2, 0.25) is 5.91 Å². The van der Waals surface area contributed by atoms with Gasteiger partial charge in [-0.25, -0.2) is 0 Å². The van der Waals surface area contributed by atoms with E-state index in [2.05, 4.69) is 0 Å². The van der Waals surface area contributed by atoms with E-state index < -0.39 is 0 Å². The number of hydrogen-bond donors (Lipinski definition) is 0. The summed E-state index contributed by atoms with van der Waals surface area (Å²) in [4.78, 5) is 13.4. The SMILES string of the molecule is COCCN1C(=O)Cc2cc(Cl)ccc21. The average Bonchev–Trinajstić information content (AvgIpc) is 2.50. The molecule has 0 atom stereocenters. The van der Waals surface area contributed by atoms with Gasteiger partial charge in [0.1, 0.15) is 0 Å². The highest BCUT2D eigenvalue weighted by atomic mass is 35.5. The smallest absolute Gasteiger partial charge is 0.231 e. The standard InChI is InChI=1S/C11H12ClNO2/c1-15-5-4-13-10-3-2-9(12)6-8(10)7-11(13)14/h2-3,6H,4-5,7H2,1H3. The average molecular weight is 226 g/mol. The number of carbonyl (C=O) groups excluding carboxylic acids is 1. The quantitative estimate of drug-likeness (QED) is 0.786. The third-order valence-corrected chi connectivity index (χ3v) is 2.73. The molecule has 15 heavy (non-hydrogen) atoms. The van der Waals surface area contributed by atoms with Crippen LogP contribution >= 0.6 is 11.6 Å². The molecule has 0 aliphatic carbocycles. The number of methoxy groups -OCH3 is 1. The van der Waals surface area contributed by atoms with Gasteiger partial charge in [-0.2, -0.15) is 0 Å². The molecule has 1 aliphatic heterocycles. The summed E-state index contributed by atoms with van der Waals surface area (Å²) in [5.41, 5.74) is 1.96. The topological polar surface area (TPSA) is 29.5 Å². The Morgan fingerprint density at radius 2 is 2.33 bits per heavy atom. The molecule has 1 heterocycles. The van der Waals surface area contributed by atoms with Gasteiger partial charge in [0.15, 0.2) is 0 Å². The van der Waals surface area contributed by atoms with Crippen molar-refractivity contribution in [3.8, 4) is 0 Å². The van der Waals surface area contributed by atoms with Crippen LogP contribution in [-0.2, 0) is 16.0 Å². The molecule has 0 saturated heterocycles. The van der Waals surface area contributed by atoms with Crippen molar-refractivity contribution in [1.29, 1.82) is 0 Å². The van der Waals surface area contributed by atoms with E-state index in [1.54, 1.807) is 18.1 Å². The van der Waals surface area contributed by atoms with Crippen LogP contribution in [0.15, 0.2) is 18.2 Å². The molecule has 1 aromatic rings. The molecule has 0 saturated carbocycles. The Bertz CT molecular complexity index is 392. The van der Waals surface area contributed by atoms with Gasteiger partial charge in [-0.15, -0.1) is 0 Å². The van der Waals surface area contributed by atoms with Gasteiger partial charge in [0, 0.05) is 24.4 Å². The second-order valence-corrected chi connectivity index (χ2v) is 3.92. The normalized spacial score (nSPS) is 14.5. The van der Waals surface area contributed by atoms with E-state index in [9.17, 15) is 4.79 Å². The maximum absolute atomic E-state index is 11.7. The molecule has 80 valence electrons. The fourth-order valence-corrected chi connectivity index (χ4v) is 1.97. The Morgan fingerprint density at radius 3 is 3.07 bits per heavy atom. The first-order chi connectivity index (χ1) is 7.22. The van der Waals surface area contributed by atoms with Crippen LogP contribution in [-0.4, -0.2) is 26.2 Å². The fraction of sp³-hybridized carbons (Fsp3) is 0.364. The molecule has 1 aromatic carbocycles. The largest absolute Gasteiger partial charge is 0.383 e. The van der Waals surface area contributed by atoms with Crippen LogP contribution in [0, 0.1) is 0 Å². The number of fused-ring (bicyclic) bond motifs is 1. The molecule has 0 unspecified atom stereocenters. The number of ether oxygens (including phenoxy) is 1. The second kappa shape index (κ2) is 4.21. The summed E-state index contributed by atoms with van der Waals surface area (Å²) < 4.78 is 4.97. The van der Waals surface area contributed by atoms with Gasteiger partial charge in [0.25, 0.3) is 0 Å². The van der Waals surface area contributed by atoms with Crippen molar-refractivity contribution in [2.24, 2.45) is 0 Å². The van der Waals surface area contributed by atoms with E-state index >= 15 is 0 Å². The van der Waals surface area contributed by atoms with Crippen molar-refractivity contribution < 1.29 is 9.53 Å². The molecule has 1 amide bonds. The van der Waals surface area contributed by atoms with Crippen molar-refractivity contribution in [1.82, 2.24) is 0 Å². The minimum Gasteiger partial charge on any atom is -0.383 e. The number of halogens is 1. The number of carbonyl (C=O) groups is 1. The highest BCUT2D eigenvalue weighted by Gasteiger charge is 2.26. The minimum atomic E-state index is 0.115. The zero-order valence-corrected chi connectivity index (χ0v) is 9.25. The predicted molar refractivity (Wildman–Crippen MR) is 59.4 cm³/mol. The molecule has 4 heteroatoms. The molecule has 0 aromatic heterocycles. The van der Waals surface area contributed by atoms with Crippen LogP contribution in [0.4, 0.5) is 5.69 Å². The van der Waals surface area contributed by atoms with Gasteiger partial charge in [0.05, 0.1) is 13.0 Å². The summed E-state index contributed by atoms with van der Waals surface area (Å²) in [5.74, 6) is 0.115. The molecule has 1 aliphatic rings. The first-order valence-corrected chi connectivity index (χ1v) is 5.18. The number of anilines is 1. The molecule has 0 N–H and O–H groups in total. The Labute approximate surface area is 93.6 Å². The molecule has 0 spiro atoms. The Kier molecular flexibility index (Phi) is 2.93. The maximum Gasteiger partial charge on any atom is 0.231 e. The molecule has 2 rings (SSSR count). The third kappa shape index (κ3) is 1.98. The van der Waals surface area contributed by atoms with Crippen LogP contribution in [0.3, 0.4) is 0 Å². The van der Waals surface area contributed by atoms with E-state index in [1.807, 2.05) is 12.1 Å². The van der Waals surface area contributed by atoms with E-state index in [0.717, 1.165) is 11.3 Å². The highest BCUT2D eigenvalue weighted by Crippen LogP contribution is 2.30. The summed E-state index contributed by atoms with van der Waals surface area (Å²) in [5, 5.41) is 0.676. The van der Waals surface area contributed by atoms with Gasteiger partial charge in [-0.05, 0) is 23.8 Å². The Hall–Kier alpha value is -1.06. The number of amides is 1. The van der Waals surface area contributed by atoms with Gasteiger partial charge >= 0.3 is 0 Å². The van der Waals surface area contributed by atoms with Crippen molar-refractivity contribution >= 4 is 23.2 Å². The second-order valence-electron chi connectivity index (χ2n) is 3.49. The van der Waals surface area contributed by atoms with Crippen LogP contribution in [0.25, 0.3) is 0 Å². The molecule has 0 radical (unpaired) electrons. The van der Waals surface area contributed by atoms with Crippen LogP contribution < -0.4 is 4.90 Å². The van der Waals surface area contributed by atoms with Crippen LogP contribution in [0.1, 0.15) is 5.56 Å². The summed E-state index contributed by atoms with van der Waals surface area (Å²) in [6.45, 7) is 1.15. The predicted octanol–water partition coefficient (Wildman–Crippen LogP) is 1.88. The Morgan fingerprint density at radius 1 is 1.53 bits per heavy atom. The van der Waals surface area contributed by atoms with Gasteiger partial charge in [-0.1, -0.05) is 11.6 Å². The zero-order chi connectivity index (χ0) is 10.8. The van der Waals surface area contributed by atoms with E-state index in [1.165, 1.54) is 0 Å². The summed E-state index contributed by atoms with van der Waals surface area (Å²) in [6.07, 6.45) is 0.444. The lowest BCUT2D eigenvalue weighted by Gasteiger charge is -2.16. The first kappa shape index (κ1) is 10.5. The lowest BCUT2D eigenvalue weighted by Crippen LogP contribution is -2.30. The van der Waals surface area contributed by atoms with E-state index in [0.29, 0.717) is 24.6 Å². The molecule has 0 fully saturated rings. The number of nitrogens with zero attached hydrogens (tertiary/aromatic N) is 1. The van der Waals surface area contributed by atoms with Crippen LogP contribution in [0.5, 0.6) is 0 Å². The number of hydrogen-bond acceptors (Lipinski definition) is 2. The maximum atomic E-state index is 11.7. The van der Waals surface area contributed by atoms with Gasteiger partial charge < -0.3 is 9.64 Å². The first-order valence-electron chi connectivity index (χ1n) is 4.80. The monoisotopic (exact) mass is 225 g/mol. The summed E-state index contributed by atoms with van der Waals surface area (Å²) in [6, 6.07) is 5.54. The summed E-state index contributed by atoms with van der Waals surface area (Å²) >= 11 is 5.87. The van der Waals surface area contributed by atoms with Crippen molar-refractivity contribution in [3.63, 3.8) is 0 Å². The van der Waals surface area contributed by atoms with Crippen LogP contribution in [0.2, 0.25) is 5.02 Å². The lowest BCUT2D eigenvalue weighted by atomic mass is 10.2. The third-order valence-electron chi connectivity index (χ3n) is 2.49. The molecule has 3 nitrogen and oxygen atoms in total. The number of benzene rings is 1. The molecular formula is C11H12ClNO2. The molecule has 0 bridgehead atoms. The van der Waals surface area contributed by atoms with Gasteiger partial charge in [-0.3, -0.25) is 4.79 Å². The minimum absolute atomic E-state index is 0.115. The van der Waals surface area contributed by atoms with E-state index in [4.69, 9.17) is 16.3 Å². The van der Waals surface area contributed by atoms with E-state index in [-0.39, 0.29) is 5.91 Å². The molecular weight excluding hydrogens is 214 g/mol. The lowest BCUT2D eigenvalue weighted by molar-refractivity contribution is -0.117. The summed E-state index contributed by atoms with van der Waals surface area (Å²) in [7, 11) is 1.63. The Balaban J connectivity index is 2.25. The zero-order valence-electron chi connectivity index (χ0n) is 8.50. The van der Waals surface area contributed by atoms with Crippen molar-refractivity contribution in [3.05, 3.63) is 28.8 Å². The fourth-order valence-electron chi connectivity index (χ4n) is 1.78. The number of rotatable bonds is 3.